The number of benzene rings is 2. The monoisotopic (exact) mass is 373 g/mol. The number of rotatable bonds is 3. The van der Waals surface area contributed by atoms with Gasteiger partial charge in [0.25, 0.3) is 0 Å². The van der Waals surface area contributed by atoms with Gasteiger partial charge >= 0.3 is 0 Å². The van der Waals surface area contributed by atoms with Crippen molar-refractivity contribution < 1.29 is 9.47 Å². The van der Waals surface area contributed by atoms with Gasteiger partial charge in [0.1, 0.15) is 6.17 Å². The summed E-state index contributed by atoms with van der Waals surface area (Å²) < 4.78 is 11.2. The van der Waals surface area contributed by atoms with Gasteiger partial charge in [-0.15, -0.1) is 0 Å². The lowest BCUT2D eigenvalue weighted by atomic mass is 9.84. The first-order valence-electron chi connectivity index (χ1n) is 9.56. The average molecular weight is 373 g/mol. The van der Waals surface area contributed by atoms with Crippen LogP contribution in [0.2, 0.25) is 0 Å². The Morgan fingerprint density at radius 3 is 2.61 bits per heavy atom. The Hall–Kier alpha value is -3.05. The average Bonchev–Trinajstić information content (AvgIpc) is 2.77. The fraction of sp³-hybridized carbons (Fsp3) is 0.261. The first-order chi connectivity index (χ1) is 13.8. The maximum absolute atomic E-state index is 5.61. The normalized spacial score (nSPS) is 20.4. The molecule has 2 aliphatic rings. The molecule has 142 valence electrons. The SMILES string of the molecule is COc1cc2c(cc1OC)[C@@H]1c3ccccc3N[C@H](c3cccnc3)N1CC2. The van der Waals surface area contributed by atoms with Crippen molar-refractivity contribution in [2.75, 3.05) is 26.1 Å². The maximum atomic E-state index is 5.61. The van der Waals surface area contributed by atoms with E-state index >= 15 is 0 Å². The third-order valence-corrected chi connectivity index (χ3v) is 5.79. The molecular formula is C23H23N3O2. The second-order valence-corrected chi connectivity index (χ2v) is 7.22. The molecule has 0 saturated heterocycles. The van der Waals surface area contributed by atoms with Crippen molar-refractivity contribution in [2.24, 2.45) is 0 Å². The van der Waals surface area contributed by atoms with Crippen LogP contribution in [-0.4, -0.2) is 30.6 Å². The third kappa shape index (κ3) is 2.62. The molecule has 0 amide bonds. The Balaban J connectivity index is 1.69. The van der Waals surface area contributed by atoms with Crippen molar-refractivity contribution in [1.82, 2.24) is 9.88 Å². The van der Waals surface area contributed by atoms with E-state index in [1.807, 2.05) is 18.5 Å². The predicted octanol–water partition coefficient (Wildman–Crippen LogP) is 4.17. The molecule has 28 heavy (non-hydrogen) atoms. The van der Waals surface area contributed by atoms with Crippen LogP contribution in [0.15, 0.2) is 60.9 Å². The minimum Gasteiger partial charge on any atom is -0.493 e. The number of methoxy groups -OCH3 is 2. The molecule has 0 fully saturated rings. The molecule has 0 spiro atoms. The molecule has 3 heterocycles. The van der Waals surface area contributed by atoms with E-state index in [2.05, 4.69) is 57.7 Å². The zero-order chi connectivity index (χ0) is 19.1. The molecule has 5 heteroatoms. The summed E-state index contributed by atoms with van der Waals surface area (Å²) in [6, 6.07) is 17.1. The molecule has 0 unspecified atom stereocenters. The summed E-state index contributed by atoms with van der Waals surface area (Å²) >= 11 is 0. The summed E-state index contributed by atoms with van der Waals surface area (Å²) in [7, 11) is 3.39. The number of nitrogens with zero attached hydrogens (tertiary/aromatic N) is 2. The van der Waals surface area contributed by atoms with Gasteiger partial charge in [0, 0.05) is 30.2 Å². The van der Waals surface area contributed by atoms with Crippen LogP contribution >= 0.6 is 0 Å². The van der Waals surface area contributed by atoms with Crippen molar-refractivity contribution >= 4 is 5.69 Å². The van der Waals surface area contributed by atoms with Crippen molar-refractivity contribution in [3.05, 3.63) is 83.2 Å². The van der Waals surface area contributed by atoms with Crippen LogP contribution in [-0.2, 0) is 6.42 Å². The van der Waals surface area contributed by atoms with Gasteiger partial charge in [-0.3, -0.25) is 9.88 Å². The van der Waals surface area contributed by atoms with Crippen molar-refractivity contribution in [3.63, 3.8) is 0 Å². The summed E-state index contributed by atoms with van der Waals surface area (Å²) in [5.41, 5.74) is 6.23. The first kappa shape index (κ1) is 17.1. The Morgan fingerprint density at radius 2 is 1.82 bits per heavy atom. The number of pyridine rings is 1. The Bertz CT molecular complexity index is 1010. The lowest BCUT2D eigenvalue weighted by molar-refractivity contribution is 0.153. The van der Waals surface area contributed by atoms with E-state index in [1.54, 1.807) is 14.2 Å². The number of aromatic nitrogens is 1. The molecule has 0 bridgehead atoms. The van der Waals surface area contributed by atoms with Gasteiger partial charge in [-0.1, -0.05) is 24.3 Å². The number of hydrogen-bond donors (Lipinski definition) is 1. The highest BCUT2D eigenvalue weighted by Gasteiger charge is 2.39. The zero-order valence-corrected chi connectivity index (χ0v) is 16.1. The zero-order valence-electron chi connectivity index (χ0n) is 16.1. The molecule has 0 aliphatic carbocycles. The molecule has 0 radical (unpaired) electrons. The van der Waals surface area contributed by atoms with E-state index in [-0.39, 0.29) is 12.2 Å². The summed E-state index contributed by atoms with van der Waals surface area (Å²) in [5.74, 6) is 1.57. The largest absolute Gasteiger partial charge is 0.493 e. The van der Waals surface area contributed by atoms with Crippen LogP contribution in [0.3, 0.4) is 0 Å². The molecule has 1 N–H and O–H groups in total. The molecule has 2 aliphatic heterocycles. The number of anilines is 1. The smallest absolute Gasteiger partial charge is 0.161 e. The Labute approximate surface area is 164 Å². The van der Waals surface area contributed by atoms with Crippen LogP contribution in [0.5, 0.6) is 11.5 Å². The Kier molecular flexibility index (Phi) is 4.17. The summed E-state index contributed by atoms with van der Waals surface area (Å²) in [6.07, 6.45) is 4.81. The highest BCUT2D eigenvalue weighted by atomic mass is 16.5. The summed E-state index contributed by atoms with van der Waals surface area (Å²) in [4.78, 5) is 6.87. The van der Waals surface area contributed by atoms with E-state index in [1.165, 1.54) is 27.9 Å². The molecule has 2 aromatic carbocycles. The van der Waals surface area contributed by atoms with E-state index in [0.717, 1.165) is 24.5 Å². The fourth-order valence-corrected chi connectivity index (χ4v) is 4.50. The molecule has 3 aromatic rings. The molecule has 0 saturated carbocycles. The number of ether oxygens (including phenoxy) is 2. The lowest BCUT2D eigenvalue weighted by Gasteiger charge is -2.47. The molecule has 2 atom stereocenters. The van der Waals surface area contributed by atoms with Crippen molar-refractivity contribution in [3.8, 4) is 11.5 Å². The number of hydrogen-bond acceptors (Lipinski definition) is 5. The lowest BCUT2D eigenvalue weighted by Crippen LogP contribution is -2.45. The van der Waals surface area contributed by atoms with Gasteiger partial charge in [0.15, 0.2) is 11.5 Å². The topological polar surface area (TPSA) is 46.6 Å². The maximum Gasteiger partial charge on any atom is 0.161 e. The van der Waals surface area contributed by atoms with Crippen LogP contribution < -0.4 is 14.8 Å². The first-order valence-corrected chi connectivity index (χ1v) is 9.56. The van der Waals surface area contributed by atoms with Gasteiger partial charge in [-0.25, -0.2) is 0 Å². The molecule has 5 rings (SSSR count). The van der Waals surface area contributed by atoms with E-state index in [9.17, 15) is 0 Å². The quantitative estimate of drug-likeness (QED) is 0.747. The van der Waals surface area contributed by atoms with Crippen molar-refractivity contribution in [2.45, 2.75) is 18.6 Å². The second kappa shape index (κ2) is 6.84. The van der Waals surface area contributed by atoms with Gasteiger partial charge in [-0.05, 0) is 47.4 Å². The third-order valence-electron chi connectivity index (χ3n) is 5.79. The van der Waals surface area contributed by atoms with Gasteiger partial charge < -0.3 is 14.8 Å². The summed E-state index contributed by atoms with van der Waals surface area (Å²) in [5, 5.41) is 3.72. The fourth-order valence-electron chi connectivity index (χ4n) is 4.50. The van der Waals surface area contributed by atoms with Crippen LogP contribution in [0.4, 0.5) is 5.69 Å². The van der Waals surface area contributed by atoms with E-state index < -0.39 is 0 Å². The minimum atomic E-state index is 0.0786. The highest BCUT2D eigenvalue weighted by molar-refractivity contribution is 5.61. The van der Waals surface area contributed by atoms with Gasteiger partial charge in [0.2, 0.25) is 0 Å². The number of nitrogens with one attached hydrogen (secondary N) is 1. The minimum absolute atomic E-state index is 0.0786. The molecular weight excluding hydrogens is 350 g/mol. The highest BCUT2D eigenvalue weighted by Crippen LogP contribution is 2.48. The van der Waals surface area contributed by atoms with E-state index in [4.69, 9.17) is 9.47 Å². The number of para-hydroxylation sites is 1. The number of fused-ring (bicyclic) bond motifs is 5. The van der Waals surface area contributed by atoms with Crippen LogP contribution in [0.1, 0.15) is 34.5 Å². The van der Waals surface area contributed by atoms with Crippen molar-refractivity contribution in [1.29, 1.82) is 0 Å². The standard InChI is InChI=1S/C23H23N3O2/c1-27-20-12-15-9-11-26-22(18(15)13-21(20)28-2)17-7-3-4-8-19(17)25-23(26)16-6-5-10-24-14-16/h3-8,10,12-14,22-23,25H,9,11H2,1-2H3/t22-,23-/m0/s1. The van der Waals surface area contributed by atoms with E-state index in [0.29, 0.717) is 0 Å². The predicted molar refractivity (Wildman–Crippen MR) is 109 cm³/mol. The van der Waals surface area contributed by atoms with Gasteiger partial charge in [-0.2, -0.15) is 0 Å². The molecule has 1 aromatic heterocycles. The summed E-state index contributed by atoms with van der Waals surface area (Å²) in [6.45, 7) is 0.952. The second-order valence-electron chi connectivity index (χ2n) is 7.22. The van der Waals surface area contributed by atoms with Crippen LogP contribution in [0.25, 0.3) is 0 Å². The Morgan fingerprint density at radius 1 is 1.00 bits per heavy atom. The van der Waals surface area contributed by atoms with Gasteiger partial charge in [0.05, 0.1) is 20.3 Å². The molecule has 5 nitrogen and oxygen atoms in total. The van der Waals surface area contributed by atoms with Crippen LogP contribution in [0, 0.1) is 0 Å².